The van der Waals surface area contributed by atoms with Crippen LogP contribution in [-0.4, -0.2) is 197 Å². The van der Waals surface area contributed by atoms with Crippen molar-refractivity contribution in [2.45, 2.75) is 112 Å². The van der Waals surface area contributed by atoms with Crippen molar-refractivity contribution in [3.8, 4) is 0 Å². The Hall–Kier alpha value is -1.49. The Labute approximate surface area is 404 Å². The van der Waals surface area contributed by atoms with E-state index >= 15 is 0 Å². The fourth-order valence-electron chi connectivity index (χ4n) is 5.22. The van der Waals surface area contributed by atoms with Gasteiger partial charge in [-0.15, -0.1) is 0 Å². The van der Waals surface area contributed by atoms with Crippen LogP contribution in [0.2, 0.25) is 0 Å². The number of alkyl halides is 1. The van der Waals surface area contributed by atoms with Crippen LogP contribution in [0.3, 0.4) is 0 Å². The van der Waals surface area contributed by atoms with Gasteiger partial charge in [-0.2, -0.15) is 0 Å². The molecule has 18 nitrogen and oxygen atoms in total. The zero-order chi connectivity index (χ0) is 47.1. The molecule has 2 aliphatic rings. The number of aliphatic carboxylic acids is 1. The van der Waals surface area contributed by atoms with Crippen LogP contribution in [0.15, 0.2) is 0 Å². The summed E-state index contributed by atoms with van der Waals surface area (Å²) in [6.07, 6.45) is 0. The third-order valence-electron chi connectivity index (χ3n) is 7.44. The molecule has 2 heterocycles. The molecule has 0 amide bonds. The number of carboxylic acids is 1. The molecule has 2 saturated heterocycles. The van der Waals surface area contributed by atoms with Crippen LogP contribution in [0.1, 0.15) is 90.0 Å². The van der Waals surface area contributed by atoms with E-state index in [9.17, 15) is 19.2 Å². The number of nitrogens with one attached hydrogen (secondary N) is 5. The number of carbonyl (C=O) groups excluding carboxylic acids is 5. The number of hydrogen-bond donors (Lipinski definition) is 5. The van der Waals surface area contributed by atoms with Gasteiger partial charge in [-0.05, 0) is 90.0 Å². The Morgan fingerprint density at radius 1 is 0.435 bits per heavy atom. The fraction of sp³-hybridized carbons (Fsp3) is 0.881. The molecule has 0 unspecified atom stereocenters. The summed E-state index contributed by atoms with van der Waals surface area (Å²) >= 11 is 2.99. The number of carboxylic acid groups (broad SMARTS) is 1. The molecule has 2 fully saturated rings. The predicted molar refractivity (Wildman–Crippen MR) is 242 cm³/mol. The second kappa shape index (κ2) is 35.7. The summed E-state index contributed by atoms with van der Waals surface area (Å²) in [6.45, 7) is 37.3. The van der Waals surface area contributed by atoms with Gasteiger partial charge in [0.25, 0.3) is 0 Å². The predicted octanol–water partition coefficient (Wildman–Crippen LogP) is -2.64. The number of halogens is 1. The average molecular weight is 964 g/mol. The quantitative estimate of drug-likeness (QED) is 0.0764. The van der Waals surface area contributed by atoms with Gasteiger partial charge in [0, 0.05) is 111 Å². The molecule has 0 aliphatic carbocycles. The Bertz CT molecular complexity index is 1140. The van der Waals surface area contributed by atoms with E-state index in [0.29, 0.717) is 52.4 Å². The van der Waals surface area contributed by atoms with E-state index in [4.69, 9.17) is 28.8 Å². The second-order valence-electron chi connectivity index (χ2n) is 18.5. The van der Waals surface area contributed by atoms with Gasteiger partial charge in [-0.1, -0.05) is 15.9 Å². The molecular weight excluding hydrogens is 879 g/mol. The zero-order valence-electron chi connectivity index (χ0n) is 40.9. The molecule has 2 aliphatic heterocycles. The maximum Gasteiger partial charge on any atom is 1.00 e. The maximum absolute atomic E-state index is 12.6. The van der Waals surface area contributed by atoms with E-state index in [2.05, 4.69) is 42.5 Å². The van der Waals surface area contributed by atoms with E-state index in [-0.39, 0.29) is 84.0 Å². The van der Waals surface area contributed by atoms with Crippen LogP contribution in [0.4, 0.5) is 0 Å². The largest absolute Gasteiger partial charge is 1.00 e. The van der Waals surface area contributed by atoms with Gasteiger partial charge in [0.2, 0.25) is 0 Å². The van der Waals surface area contributed by atoms with Gasteiger partial charge in [-0.3, -0.25) is 33.9 Å². The third kappa shape index (κ3) is 49.5. The topological polar surface area (TPSA) is 215 Å². The summed E-state index contributed by atoms with van der Waals surface area (Å²) in [5.41, 5.74) is -2.00. The monoisotopic (exact) mass is 963 g/mol. The fourth-order valence-corrected chi connectivity index (χ4v) is 5.33. The molecule has 0 bridgehead atoms. The van der Waals surface area contributed by atoms with Crippen molar-refractivity contribution in [3.05, 3.63) is 0 Å². The van der Waals surface area contributed by atoms with Gasteiger partial charge in [0.1, 0.15) is 27.7 Å². The summed E-state index contributed by atoms with van der Waals surface area (Å²) in [5, 5.41) is 26.0. The van der Waals surface area contributed by atoms with E-state index in [0.717, 1.165) is 59.3 Å². The van der Waals surface area contributed by atoms with Crippen molar-refractivity contribution in [2.24, 2.45) is 0 Å². The van der Waals surface area contributed by atoms with Crippen molar-refractivity contribution in [1.29, 1.82) is 0 Å². The van der Waals surface area contributed by atoms with Crippen molar-refractivity contribution in [3.63, 3.8) is 0 Å². The number of hydrogen-bond acceptors (Lipinski definition) is 18. The first-order chi connectivity index (χ1) is 28.1. The third-order valence-corrected chi connectivity index (χ3v) is 7.89. The molecular formula is C42H84BrN8NaO10. The molecule has 0 aromatic heterocycles. The van der Waals surface area contributed by atoms with E-state index in [1.165, 1.54) is 0 Å². The van der Waals surface area contributed by atoms with Gasteiger partial charge < -0.3 is 55.4 Å². The number of esters is 4. The molecule has 0 aromatic rings. The summed E-state index contributed by atoms with van der Waals surface area (Å²) in [4.78, 5) is 63.0. The van der Waals surface area contributed by atoms with Crippen molar-refractivity contribution >= 4 is 45.8 Å². The van der Waals surface area contributed by atoms with Crippen molar-refractivity contribution < 1.29 is 77.6 Å². The summed E-state index contributed by atoms with van der Waals surface area (Å²) in [7, 11) is 0. The minimum Gasteiger partial charge on any atom is -0.550 e. The molecule has 2 rings (SSSR count). The standard InChI is InChI=1S/C26H50N4O6.C8H20N4.C6H11BrO2.C2H4O2.Na/c1-24(2,3)34-21(31)18-28-12-10-27-11-13-29(19-22(32)35-25(4,5)6)15-17-30(16-14-28)20-23(33)36-26(7,8)9;1-2-10-5-6-12-8-7-11-4-3-9-1;1-6(2,3)9-5(8)4-7;1-2(3)4;/h27H,10-20H2,1-9H3;9-12H,1-8H2;4H2,1-3H3;1H3,(H,3,4);/q;;;;+1/p-1. The SMILES string of the molecule is C1CNCCNCCNCCN1.CC(=O)[O-].CC(C)(C)OC(=O)CBr.CC(C)(C)OC(=O)CN1CCNCCN(CC(=O)OC(C)(C)C)CCN(CC(=O)OC(C)(C)C)CC1.[Na+]. The van der Waals surface area contributed by atoms with Crippen LogP contribution in [0.5, 0.6) is 0 Å². The minimum atomic E-state index is -1.08. The summed E-state index contributed by atoms with van der Waals surface area (Å²) in [5.74, 6) is -2.13. The van der Waals surface area contributed by atoms with Crippen LogP contribution < -0.4 is 61.2 Å². The molecule has 62 heavy (non-hydrogen) atoms. The van der Waals surface area contributed by atoms with Gasteiger partial charge in [0.15, 0.2) is 0 Å². The Balaban J connectivity index is -0.00000108. The smallest absolute Gasteiger partial charge is 0.550 e. The van der Waals surface area contributed by atoms with Crippen LogP contribution in [0.25, 0.3) is 0 Å². The average Bonchev–Trinajstić information content (AvgIpc) is 3.05. The van der Waals surface area contributed by atoms with Crippen molar-refractivity contribution in [1.82, 2.24) is 41.3 Å². The first-order valence-electron chi connectivity index (χ1n) is 21.4. The van der Waals surface area contributed by atoms with Crippen LogP contribution in [-0.2, 0) is 42.9 Å². The van der Waals surface area contributed by atoms with E-state index in [1.54, 1.807) is 0 Å². The van der Waals surface area contributed by atoms with Gasteiger partial charge >= 0.3 is 53.4 Å². The number of ether oxygens (including phenoxy) is 4. The molecule has 0 atom stereocenters. The first kappa shape index (κ1) is 64.8. The van der Waals surface area contributed by atoms with Crippen LogP contribution >= 0.6 is 15.9 Å². The number of carbonyl (C=O) groups is 5. The molecule has 0 spiro atoms. The maximum atomic E-state index is 12.6. The molecule has 20 heteroatoms. The van der Waals surface area contributed by atoms with Gasteiger partial charge in [-0.25, -0.2) is 0 Å². The summed E-state index contributed by atoms with van der Waals surface area (Å²) < 4.78 is 21.5. The molecule has 0 saturated carbocycles. The molecule has 0 aromatic carbocycles. The Morgan fingerprint density at radius 3 is 0.823 bits per heavy atom. The Morgan fingerprint density at radius 2 is 0.629 bits per heavy atom. The zero-order valence-corrected chi connectivity index (χ0v) is 44.5. The summed E-state index contributed by atoms with van der Waals surface area (Å²) in [6, 6.07) is 0. The Kier molecular flexibility index (Phi) is 37.3. The molecule has 0 radical (unpaired) electrons. The first-order valence-corrected chi connectivity index (χ1v) is 22.5. The molecule has 360 valence electrons. The van der Waals surface area contributed by atoms with Crippen molar-refractivity contribution in [2.75, 3.05) is 130 Å². The van der Waals surface area contributed by atoms with Gasteiger partial charge in [0.05, 0.1) is 19.6 Å². The second-order valence-corrected chi connectivity index (χ2v) is 19.1. The number of nitrogens with zero attached hydrogens (tertiary/aromatic N) is 3. The van der Waals surface area contributed by atoms with Crippen LogP contribution in [0, 0.1) is 0 Å². The molecule has 5 N–H and O–H groups in total. The minimum absolute atomic E-state index is 0. The van der Waals surface area contributed by atoms with E-state index < -0.39 is 22.8 Å². The van der Waals surface area contributed by atoms with E-state index in [1.807, 2.05) is 97.8 Å². The number of rotatable bonds is 7. The normalized spacial score (nSPS) is 17.5.